The van der Waals surface area contributed by atoms with Gasteiger partial charge in [-0.25, -0.2) is 12.7 Å². The third-order valence-corrected chi connectivity index (χ3v) is 6.39. The number of piperidine rings is 1. The van der Waals surface area contributed by atoms with Crippen LogP contribution in [0.2, 0.25) is 0 Å². The van der Waals surface area contributed by atoms with E-state index in [1.807, 2.05) is 4.90 Å². The second kappa shape index (κ2) is 6.39. The Morgan fingerprint density at radius 2 is 1.87 bits per heavy atom. The molecule has 0 aromatic rings. The molecule has 0 aromatic heterocycles. The van der Waals surface area contributed by atoms with Crippen LogP contribution in [0.5, 0.6) is 0 Å². The van der Waals surface area contributed by atoms with Crippen molar-refractivity contribution in [2.45, 2.75) is 38.1 Å². The molecule has 7 nitrogen and oxygen atoms in total. The lowest BCUT2D eigenvalue weighted by Gasteiger charge is -2.29. The van der Waals surface area contributed by atoms with Crippen molar-refractivity contribution in [2.75, 3.05) is 32.4 Å². The van der Waals surface area contributed by atoms with Crippen molar-refractivity contribution < 1.29 is 18.0 Å². The fourth-order valence-electron chi connectivity index (χ4n) is 3.52. The molecule has 1 saturated carbocycles. The predicted octanol–water partition coefficient (Wildman–Crippen LogP) is -0.215. The van der Waals surface area contributed by atoms with Crippen molar-refractivity contribution in [3.63, 3.8) is 0 Å². The third kappa shape index (κ3) is 4.03. The molecule has 0 aromatic carbocycles. The summed E-state index contributed by atoms with van der Waals surface area (Å²) in [6.45, 7) is 2.12. The van der Waals surface area contributed by atoms with Gasteiger partial charge in [0, 0.05) is 50.5 Å². The lowest BCUT2D eigenvalue weighted by molar-refractivity contribution is -0.128. The molecule has 23 heavy (non-hydrogen) atoms. The molecule has 1 unspecified atom stereocenters. The van der Waals surface area contributed by atoms with E-state index in [9.17, 15) is 18.0 Å². The molecule has 130 valence electrons. The number of nitrogens with one attached hydrogen (secondary N) is 1. The minimum absolute atomic E-state index is 0.00419. The van der Waals surface area contributed by atoms with E-state index in [1.54, 1.807) is 0 Å². The van der Waals surface area contributed by atoms with Crippen LogP contribution in [0.3, 0.4) is 0 Å². The first-order valence-electron chi connectivity index (χ1n) is 8.37. The normalized spacial score (nSPS) is 27.4. The van der Waals surface area contributed by atoms with Crippen LogP contribution in [-0.4, -0.2) is 67.9 Å². The second-order valence-electron chi connectivity index (χ2n) is 7.03. The van der Waals surface area contributed by atoms with E-state index in [2.05, 4.69) is 5.32 Å². The first kappa shape index (κ1) is 16.7. The number of rotatable bonds is 5. The first-order valence-corrected chi connectivity index (χ1v) is 10.2. The summed E-state index contributed by atoms with van der Waals surface area (Å²) in [5.74, 6) is 0.302. The van der Waals surface area contributed by atoms with Crippen molar-refractivity contribution in [1.82, 2.24) is 14.5 Å². The lowest BCUT2D eigenvalue weighted by atomic mass is 9.97. The Morgan fingerprint density at radius 3 is 2.43 bits per heavy atom. The average molecular weight is 343 g/mol. The molecule has 3 rings (SSSR count). The summed E-state index contributed by atoms with van der Waals surface area (Å²) >= 11 is 0. The van der Waals surface area contributed by atoms with Gasteiger partial charge in [0.05, 0.1) is 6.26 Å². The van der Waals surface area contributed by atoms with Crippen molar-refractivity contribution in [2.24, 2.45) is 11.8 Å². The topological polar surface area (TPSA) is 86.8 Å². The van der Waals surface area contributed by atoms with E-state index in [0.29, 0.717) is 44.9 Å². The predicted molar refractivity (Wildman–Crippen MR) is 85.0 cm³/mol. The minimum Gasteiger partial charge on any atom is -0.356 e. The molecule has 2 aliphatic heterocycles. The van der Waals surface area contributed by atoms with E-state index < -0.39 is 10.0 Å². The van der Waals surface area contributed by atoms with Gasteiger partial charge >= 0.3 is 0 Å². The number of hydrogen-bond acceptors (Lipinski definition) is 4. The van der Waals surface area contributed by atoms with E-state index in [4.69, 9.17) is 0 Å². The molecule has 1 aliphatic carbocycles. The number of nitrogens with zero attached hydrogens (tertiary/aromatic N) is 2. The summed E-state index contributed by atoms with van der Waals surface area (Å²) in [5.41, 5.74) is 0. The zero-order valence-electron chi connectivity index (χ0n) is 13.5. The van der Waals surface area contributed by atoms with Crippen molar-refractivity contribution in [3.05, 3.63) is 0 Å². The molecule has 1 atom stereocenters. The van der Waals surface area contributed by atoms with Crippen LogP contribution in [0.4, 0.5) is 0 Å². The average Bonchev–Trinajstić information content (AvgIpc) is 3.27. The Labute approximate surface area is 137 Å². The fraction of sp³-hybridized carbons (Fsp3) is 0.867. The highest BCUT2D eigenvalue weighted by atomic mass is 32.2. The molecule has 2 saturated heterocycles. The Bertz CT molecular complexity index is 580. The van der Waals surface area contributed by atoms with Gasteiger partial charge < -0.3 is 10.2 Å². The highest BCUT2D eigenvalue weighted by Gasteiger charge is 2.39. The molecule has 2 amide bonds. The van der Waals surface area contributed by atoms with Gasteiger partial charge in [0.2, 0.25) is 21.8 Å². The van der Waals surface area contributed by atoms with Crippen LogP contribution in [0.15, 0.2) is 0 Å². The molecule has 1 N–H and O–H groups in total. The molecule has 0 spiro atoms. The lowest BCUT2D eigenvalue weighted by Crippen LogP contribution is -2.43. The third-order valence-electron chi connectivity index (χ3n) is 5.08. The Kier molecular flexibility index (Phi) is 4.64. The molecular formula is C15H25N3O4S. The number of carbonyl (C=O) groups excluding carboxylic acids is 2. The second-order valence-corrected chi connectivity index (χ2v) is 9.01. The monoisotopic (exact) mass is 343 g/mol. The molecule has 3 fully saturated rings. The quantitative estimate of drug-likeness (QED) is 0.748. The first-order chi connectivity index (χ1) is 10.8. The molecule has 0 radical (unpaired) electrons. The van der Waals surface area contributed by atoms with E-state index in [-0.39, 0.29) is 23.7 Å². The van der Waals surface area contributed by atoms with Crippen LogP contribution in [0, 0.1) is 11.8 Å². The zero-order valence-corrected chi connectivity index (χ0v) is 14.3. The molecule has 3 aliphatic rings. The van der Waals surface area contributed by atoms with Gasteiger partial charge in [0.25, 0.3) is 0 Å². The van der Waals surface area contributed by atoms with Gasteiger partial charge in [-0.3, -0.25) is 9.59 Å². The summed E-state index contributed by atoms with van der Waals surface area (Å²) in [6, 6.07) is 0.448. The molecule has 2 heterocycles. The van der Waals surface area contributed by atoms with E-state index in [1.165, 1.54) is 10.6 Å². The molecule has 8 heteroatoms. The zero-order chi connectivity index (χ0) is 16.6. The van der Waals surface area contributed by atoms with Crippen LogP contribution >= 0.6 is 0 Å². The molecular weight excluding hydrogens is 318 g/mol. The summed E-state index contributed by atoms with van der Waals surface area (Å²) in [4.78, 5) is 26.1. The summed E-state index contributed by atoms with van der Waals surface area (Å²) in [7, 11) is -3.16. The minimum atomic E-state index is -3.16. The summed E-state index contributed by atoms with van der Waals surface area (Å²) < 4.78 is 24.4. The maximum atomic E-state index is 12.2. The highest BCUT2D eigenvalue weighted by Crippen LogP contribution is 2.32. The maximum absolute atomic E-state index is 12.2. The van der Waals surface area contributed by atoms with Gasteiger partial charge in [0.15, 0.2) is 0 Å². The SMILES string of the molecule is CS(=O)(=O)N1CCC(C(=O)NCC2CC(=O)N(C3CC3)C2)CC1. The Balaban J connectivity index is 1.41. The van der Waals surface area contributed by atoms with Gasteiger partial charge in [-0.2, -0.15) is 0 Å². The van der Waals surface area contributed by atoms with Crippen molar-refractivity contribution >= 4 is 21.8 Å². The number of amides is 2. The van der Waals surface area contributed by atoms with Gasteiger partial charge in [-0.15, -0.1) is 0 Å². The van der Waals surface area contributed by atoms with Crippen LogP contribution in [0.1, 0.15) is 32.1 Å². The number of sulfonamides is 1. The molecule has 0 bridgehead atoms. The van der Waals surface area contributed by atoms with E-state index >= 15 is 0 Å². The summed E-state index contributed by atoms with van der Waals surface area (Å²) in [5, 5.41) is 2.96. The van der Waals surface area contributed by atoms with Crippen molar-refractivity contribution in [3.8, 4) is 0 Å². The highest BCUT2D eigenvalue weighted by molar-refractivity contribution is 7.88. The van der Waals surface area contributed by atoms with Crippen molar-refractivity contribution in [1.29, 1.82) is 0 Å². The number of hydrogen-bond donors (Lipinski definition) is 1. The van der Waals surface area contributed by atoms with Crippen LogP contribution in [0.25, 0.3) is 0 Å². The van der Waals surface area contributed by atoms with Gasteiger partial charge in [0.1, 0.15) is 0 Å². The Morgan fingerprint density at radius 1 is 1.22 bits per heavy atom. The van der Waals surface area contributed by atoms with E-state index in [0.717, 1.165) is 19.4 Å². The summed E-state index contributed by atoms with van der Waals surface area (Å²) in [6.07, 6.45) is 5.10. The van der Waals surface area contributed by atoms with Gasteiger partial charge in [-0.1, -0.05) is 0 Å². The van der Waals surface area contributed by atoms with Crippen LogP contribution < -0.4 is 5.32 Å². The van der Waals surface area contributed by atoms with Crippen LogP contribution in [-0.2, 0) is 19.6 Å². The number of likely N-dealkylation sites (tertiary alicyclic amines) is 1. The number of carbonyl (C=O) groups is 2. The largest absolute Gasteiger partial charge is 0.356 e. The Hall–Kier alpha value is -1.15. The standard InChI is InChI=1S/C15H25N3O4S/c1-23(21,22)17-6-4-12(5-7-17)15(20)16-9-11-8-14(19)18(10-11)13-2-3-13/h11-13H,2-10H2,1H3,(H,16,20). The smallest absolute Gasteiger partial charge is 0.223 e. The van der Waals surface area contributed by atoms with Gasteiger partial charge in [-0.05, 0) is 25.7 Å². The fourth-order valence-corrected chi connectivity index (χ4v) is 4.40. The maximum Gasteiger partial charge on any atom is 0.223 e.